The average molecular weight is 371 g/mol. The summed E-state index contributed by atoms with van der Waals surface area (Å²) >= 11 is 3.01. The fourth-order valence-corrected chi connectivity index (χ4v) is 4.16. The van der Waals surface area contributed by atoms with Gasteiger partial charge in [0.05, 0.1) is 22.9 Å². The summed E-state index contributed by atoms with van der Waals surface area (Å²) in [5.41, 5.74) is 4.32. The van der Waals surface area contributed by atoms with Crippen LogP contribution >= 0.6 is 22.7 Å². The fourth-order valence-electron chi connectivity index (χ4n) is 3.08. The number of hydrogen-bond donors (Lipinski definition) is 1. The molecule has 0 saturated carbocycles. The lowest BCUT2D eigenvalue weighted by molar-refractivity contribution is 0.102. The van der Waals surface area contributed by atoms with Crippen LogP contribution < -0.4 is 5.32 Å². The SMILES string of the molecule is O=C(Nc1nccs1)c1cccc(C2CCCN2Cc2cscn2)n1. The van der Waals surface area contributed by atoms with Gasteiger partial charge in [-0.2, -0.15) is 0 Å². The number of nitrogens with zero attached hydrogens (tertiary/aromatic N) is 4. The lowest BCUT2D eigenvalue weighted by atomic mass is 10.1. The zero-order valence-corrected chi connectivity index (χ0v) is 15.1. The van der Waals surface area contributed by atoms with Crippen LogP contribution in [0.25, 0.3) is 0 Å². The van der Waals surface area contributed by atoms with Crippen LogP contribution in [-0.4, -0.2) is 32.3 Å². The molecule has 1 unspecified atom stereocenters. The number of hydrogen-bond acceptors (Lipinski definition) is 7. The molecular weight excluding hydrogens is 354 g/mol. The molecule has 0 aliphatic carbocycles. The lowest BCUT2D eigenvalue weighted by Gasteiger charge is -2.23. The number of carbonyl (C=O) groups is 1. The second-order valence-corrected chi connectivity index (χ2v) is 7.46. The summed E-state index contributed by atoms with van der Waals surface area (Å²) in [6.45, 7) is 1.85. The Bertz CT molecular complexity index is 835. The van der Waals surface area contributed by atoms with Gasteiger partial charge >= 0.3 is 0 Å². The second-order valence-electron chi connectivity index (χ2n) is 5.85. The van der Waals surface area contributed by atoms with Crippen LogP contribution in [0.4, 0.5) is 5.13 Å². The Morgan fingerprint density at radius 3 is 3.12 bits per heavy atom. The molecule has 0 spiro atoms. The summed E-state index contributed by atoms with van der Waals surface area (Å²) in [7, 11) is 0. The number of pyridine rings is 1. The molecule has 1 atom stereocenters. The third-order valence-corrected chi connectivity index (χ3v) is 5.53. The molecule has 0 aromatic carbocycles. The minimum Gasteiger partial charge on any atom is -0.296 e. The Balaban J connectivity index is 1.51. The molecule has 8 heteroatoms. The number of rotatable bonds is 5. The van der Waals surface area contributed by atoms with Gasteiger partial charge in [-0.05, 0) is 31.5 Å². The van der Waals surface area contributed by atoms with E-state index in [-0.39, 0.29) is 11.9 Å². The molecule has 1 amide bonds. The Hall–Kier alpha value is -2.16. The van der Waals surface area contributed by atoms with E-state index in [1.165, 1.54) is 11.3 Å². The van der Waals surface area contributed by atoms with Crippen LogP contribution in [0.3, 0.4) is 0 Å². The van der Waals surface area contributed by atoms with Crippen molar-refractivity contribution in [2.24, 2.45) is 0 Å². The Kier molecular flexibility index (Phi) is 4.82. The summed E-state index contributed by atoms with van der Waals surface area (Å²) in [6, 6.07) is 5.88. The standard InChI is InChI=1S/C17H17N5OS2/c23-16(21-17-18-6-8-25-17)14-4-1-3-13(20-14)15-5-2-7-22(15)9-12-10-24-11-19-12/h1,3-4,6,8,10-11,15H,2,5,7,9H2,(H,18,21,23). The van der Waals surface area contributed by atoms with E-state index in [0.717, 1.165) is 37.3 Å². The molecule has 1 aliphatic heterocycles. The van der Waals surface area contributed by atoms with Gasteiger partial charge in [-0.25, -0.2) is 15.0 Å². The van der Waals surface area contributed by atoms with Gasteiger partial charge in [0.2, 0.25) is 0 Å². The molecule has 1 N–H and O–H groups in total. The van der Waals surface area contributed by atoms with Crippen molar-refractivity contribution in [3.8, 4) is 0 Å². The number of thiazole rings is 2. The van der Waals surface area contributed by atoms with Crippen molar-refractivity contribution in [3.63, 3.8) is 0 Å². The minimum atomic E-state index is -0.221. The van der Waals surface area contributed by atoms with E-state index >= 15 is 0 Å². The number of carbonyl (C=O) groups excluding carboxylic acids is 1. The van der Waals surface area contributed by atoms with Crippen molar-refractivity contribution >= 4 is 33.7 Å². The predicted molar refractivity (Wildman–Crippen MR) is 98.8 cm³/mol. The highest BCUT2D eigenvalue weighted by atomic mass is 32.1. The first kappa shape index (κ1) is 16.3. The minimum absolute atomic E-state index is 0.221. The van der Waals surface area contributed by atoms with Crippen molar-refractivity contribution in [1.82, 2.24) is 19.9 Å². The van der Waals surface area contributed by atoms with Gasteiger partial charge in [0, 0.05) is 23.5 Å². The van der Waals surface area contributed by atoms with Gasteiger partial charge in [-0.1, -0.05) is 6.07 Å². The van der Waals surface area contributed by atoms with Gasteiger partial charge in [-0.15, -0.1) is 22.7 Å². The number of likely N-dealkylation sites (tertiary alicyclic amines) is 1. The zero-order valence-electron chi connectivity index (χ0n) is 13.5. The molecule has 3 aromatic rings. The van der Waals surface area contributed by atoms with Gasteiger partial charge in [0.1, 0.15) is 5.69 Å². The monoisotopic (exact) mass is 371 g/mol. The number of nitrogens with one attached hydrogen (secondary N) is 1. The molecule has 1 saturated heterocycles. The molecule has 25 heavy (non-hydrogen) atoms. The van der Waals surface area contributed by atoms with Crippen LogP contribution in [0.5, 0.6) is 0 Å². The lowest BCUT2D eigenvalue weighted by Crippen LogP contribution is -2.24. The Labute approximate surface area is 153 Å². The van der Waals surface area contributed by atoms with E-state index in [1.54, 1.807) is 23.6 Å². The fraction of sp³-hybridized carbons (Fsp3) is 0.294. The second kappa shape index (κ2) is 7.38. The van der Waals surface area contributed by atoms with E-state index in [2.05, 4.69) is 30.5 Å². The maximum absolute atomic E-state index is 12.4. The van der Waals surface area contributed by atoms with Crippen LogP contribution in [0, 0.1) is 0 Å². The smallest absolute Gasteiger partial charge is 0.276 e. The molecule has 6 nitrogen and oxygen atoms in total. The van der Waals surface area contributed by atoms with Crippen LogP contribution in [-0.2, 0) is 6.54 Å². The first-order valence-electron chi connectivity index (χ1n) is 8.08. The van der Waals surface area contributed by atoms with Crippen molar-refractivity contribution in [1.29, 1.82) is 0 Å². The number of anilines is 1. The summed E-state index contributed by atoms with van der Waals surface area (Å²) in [6.07, 6.45) is 3.85. The van der Waals surface area contributed by atoms with Crippen molar-refractivity contribution in [3.05, 3.63) is 57.7 Å². The first-order valence-corrected chi connectivity index (χ1v) is 9.91. The van der Waals surface area contributed by atoms with Gasteiger partial charge < -0.3 is 0 Å². The summed E-state index contributed by atoms with van der Waals surface area (Å²) in [4.78, 5) is 27.9. The maximum atomic E-state index is 12.4. The summed E-state index contributed by atoms with van der Waals surface area (Å²) < 4.78 is 0. The van der Waals surface area contributed by atoms with E-state index in [0.29, 0.717) is 10.8 Å². The normalized spacial score (nSPS) is 17.7. The van der Waals surface area contributed by atoms with Crippen LogP contribution in [0.2, 0.25) is 0 Å². The van der Waals surface area contributed by atoms with Gasteiger partial charge in [-0.3, -0.25) is 15.0 Å². The predicted octanol–water partition coefficient (Wildman–Crippen LogP) is 3.58. The first-order chi connectivity index (χ1) is 12.3. The highest BCUT2D eigenvalue weighted by Crippen LogP contribution is 2.32. The largest absolute Gasteiger partial charge is 0.296 e. The third-order valence-electron chi connectivity index (χ3n) is 4.21. The topological polar surface area (TPSA) is 71.0 Å². The van der Waals surface area contributed by atoms with Crippen LogP contribution in [0.15, 0.2) is 40.7 Å². The molecular formula is C17H17N5OS2. The van der Waals surface area contributed by atoms with Gasteiger partial charge in [0.25, 0.3) is 5.91 Å². The molecule has 4 heterocycles. The third kappa shape index (κ3) is 3.76. The molecule has 4 rings (SSSR count). The maximum Gasteiger partial charge on any atom is 0.276 e. The van der Waals surface area contributed by atoms with Crippen LogP contribution in [0.1, 0.15) is 40.8 Å². The van der Waals surface area contributed by atoms with E-state index in [4.69, 9.17) is 0 Å². The van der Waals surface area contributed by atoms with E-state index in [9.17, 15) is 4.79 Å². The Morgan fingerprint density at radius 1 is 1.36 bits per heavy atom. The summed E-state index contributed by atoms with van der Waals surface area (Å²) in [5, 5.41) is 7.29. The molecule has 1 aliphatic rings. The summed E-state index contributed by atoms with van der Waals surface area (Å²) in [5.74, 6) is -0.221. The molecule has 0 bridgehead atoms. The molecule has 1 fully saturated rings. The van der Waals surface area contributed by atoms with Crippen molar-refractivity contribution < 1.29 is 4.79 Å². The van der Waals surface area contributed by atoms with Crippen molar-refractivity contribution in [2.45, 2.75) is 25.4 Å². The molecule has 128 valence electrons. The molecule has 3 aromatic heterocycles. The van der Waals surface area contributed by atoms with Gasteiger partial charge in [0.15, 0.2) is 5.13 Å². The number of aromatic nitrogens is 3. The van der Waals surface area contributed by atoms with E-state index in [1.807, 2.05) is 23.0 Å². The van der Waals surface area contributed by atoms with Crippen molar-refractivity contribution in [2.75, 3.05) is 11.9 Å². The average Bonchev–Trinajstić information content (AvgIpc) is 3.38. The highest BCUT2D eigenvalue weighted by molar-refractivity contribution is 7.13. The zero-order chi connectivity index (χ0) is 17.1. The quantitative estimate of drug-likeness (QED) is 0.742. The number of amides is 1. The van der Waals surface area contributed by atoms with E-state index < -0.39 is 0 Å². The Morgan fingerprint density at radius 2 is 2.32 bits per heavy atom. The highest BCUT2D eigenvalue weighted by Gasteiger charge is 2.28. The molecule has 0 radical (unpaired) electrons.